The fraction of sp³-hybridized carbons (Fsp3) is 0.417. The summed E-state index contributed by atoms with van der Waals surface area (Å²) in [6, 6.07) is 8.73. The Morgan fingerprint density at radius 3 is 2.23 bits per heavy atom. The second-order valence-electron chi connectivity index (χ2n) is 3.52. The molecule has 0 saturated carbocycles. The van der Waals surface area contributed by atoms with Crippen molar-refractivity contribution in [3.05, 3.63) is 36.8 Å². The molecule has 13 heavy (non-hydrogen) atoms. The summed E-state index contributed by atoms with van der Waals surface area (Å²) < 4.78 is 0. The predicted octanol–water partition coefficient (Wildman–Crippen LogP) is 2.91. The Kier molecular flexibility index (Phi) is 3.81. The molecule has 0 spiro atoms. The molecule has 0 aliphatic rings. The molecule has 0 unspecified atom stereocenters. The maximum atomic E-state index is 3.84. The summed E-state index contributed by atoms with van der Waals surface area (Å²) in [6.07, 6.45) is 3.36. The zero-order valence-electron chi connectivity index (χ0n) is 8.59. The maximum Gasteiger partial charge on any atom is 0.0361 e. The Morgan fingerprint density at radius 2 is 1.77 bits per heavy atom. The smallest absolute Gasteiger partial charge is 0.0361 e. The van der Waals surface area contributed by atoms with Crippen LogP contribution in [0.1, 0.15) is 18.4 Å². The van der Waals surface area contributed by atoms with E-state index < -0.39 is 0 Å². The third-order valence-corrected chi connectivity index (χ3v) is 2.17. The second-order valence-corrected chi connectivity index (χ2v) is 3.52. The van der Waals surface area contributed by atoms with Crippen molar-refractivity contribution in [1.29, 1.82) is 0 Å². The Morgan fingerprint density at radius 1 is 1.15 bits per heavy atom. The van der Waals surface area contributed by atoms with Crippen LogP contribution in [0.15, 0.2) is 24.3 Å². The number of aryl methyl sites for hydroxylation is 1. The van der Waals surface area contributed by atoms with Gasteiger partial charge in [0.05, 0.1) is 0 Å². The number of unbranched alkanes of at least 4 members (excludes halogenated alkanes) is 1. The summed E-state index contributed by atoms with van der Waals surface area (Å²) in [5.41, 5.74) is 2.67. The fourth-order valence-electron chi connectivity index (χ4n) is 1.29. The van der Waals surface area contributed by atoms with Gasteiger partial charge in [0.2, 0.25) is 0 Å². The number of hydrogen-bond acceptors (Lipinski definition) is 1. The van der Waals surface area contributed by atoms with Crippen LogP contribution < -0.4 is 4.90 Å². The van der Waals surface area contributed by atoms with Crippen molar-refractivity contribution in [3.8, 4) is 0 Å². The molecule has 1 nitrogen and oxygen atoms in total. The number of anilines is 1. The lowest BCUT2D eigenvalue weighted by molar-refractivity contribution is 0.841. The van der Waals surface area contributed by atoms with Crippen molar-refractivity contribution in [2.24, 2.45) is 0 Å². The van der Waals surface area contributed by atoms with Gasteiger partial charge in [0.15, 0.2) is 0 Å². The van der Waals surface area contributed by atoms with Gasteiger partial charge in [-0.1, -0.05) is 25.5 Å². The number of nitrogens with zero attached hydrogens (tertiary/aromatic N) is 1. The van der Waals surface area contributed by atoms with Gasteiger partial charge in [-0.2, -0.15) is 0 Å². The second kappa shape index (κ2) is 4.90. The highest BCUT2D eigenvalue weighted by atomic mass is 15.1. The minimum absolute atomic E-state index is 1.02. The normalized spacial score (nSPS) is 10.1. The van der Waals surface area contributed by atoms with E-state index in [2.05, 4.69) is 50.2 Å². The monoisotopic (exact) mass is 176 g/mol. The van der Waals surface area contributed by atoms with Crippen LogP contribution in [0.4, 0.5) is 5.69 Å². The quantitative estimate of drug-likeness (QED) is 0.682. The third-order valence-electron chi connectivity index (χ3n) is 2.17. The van der Waals surface area contributed by atoms with Gasteiger partial charge in [0.1, 0.15) is 0 Å². The van der Waals surface area contributed by atoms with Crippen molar-refractivity contribution in [1.82, 2.24) is 0 Å². The first-order chi connectivity index (χ1) is 6.24. The van der Waals surface area contributed by atoms with E-state index in [4.69, 9.17) is 0 Å². The average molecular weight is 176 g/mol. The van der Waals surface area contributed by atoms with E-state index in [-0.39, 0.29) is 0 Å². The van der Waals surface area contributed by atoms with Crippen molar-refractivity contribution in [3.63, 3.8) is 0 Å². The molecule has 1 aromatic carbocycles. The molecule has 0 saturated heterocycles. The van der Waals surface area contributed by atoms with Crippen LogP contribution in [0.2, 0.25) is 0 Å². The number of benzene rings is 1. The minimum atomic E-state index is 1.02. The van der Waals surface area contributed by atoms with Gasteiger partial charge >= 0.3 is 0 Å². The molecule has 0 amide bonds. The first kappa shape index (κ1) is 10.1. The SMILES string of the molecule is [CH2]CCCc1ccc(N(C)C)cc1. The Labute approximate surface area is 81.4 Å². The molecule has 0 N–H and O–H groups in total. The van der Waals surface area contributed by atoms with Gasteiger partial charge in [-0.25, -0.2) is 0 Å². The van der Waals surface area contributed by atoms with Gasteiger partial charge < -0.3 is 4.90 Å². The third kappa shape index (κ3) is 3.10. The summed E-state index contributed by atoms with van der Waals surface area (Å²) in [7, 11) is 4.12. The predicted molar refractivity (Wildman–Crippen MR) is 59.1 cm³/mol. The van der Waals surface area contributed by atoms with E-state index in [0.717, 1.165) is 12.8 Å². The maximum absolute atomic E-state index is 3.84. The van der Waals surface area contributed by atoms with Crippen molar-refractivity contribution >= 4 is 5.69 Å². The summed E-state index contributed by atoms with van der Waals surface area (Å²) in [5, 5.41) is 0. The van der Waals surface area contributed by atoms with E-state index >= 15 is 0 Å². The van der Waals surface area contributed by atoms with Gasteiger partial charge in [-0.05, 0) is 30.5 Å². The number of hydrogen-bond donors (Lipinski definition) is 0. The average Bonchev–Trinajstić information content (AvgIpc) is 2.15. The largest absolute Gasteiger partial charge is 0.378 e. The molecule has 1 aromatic rings. The van der Waals surface area contributed by atoms with Crippen LogP contribution in [0.25, 0.3) is 0 Å². The highest BCUT2D eigenvalue weighted by molar-refractivity contribution is 5.45. The molecule has 1 radical (unpaired) electrons. The molecule has 0 atom stereocenters. The number of rotatable bonds is 4. The molecule has 1 rings (SSSR count). The van der Waals surface area contributed by atoms with Crippen LogP contribution in [-0.4, -0.2) is 14.1 Å². The highest BCUT2D eigenvalue weighted by Crippen LogP contribution is 2.13. The molecule has 0 fully saturated rings. The minimum Gasteiger partial charge on any atom is -0.378 e. The van der Waals surface area contributed by atoms with Gasteiger partial charge in [-0.3, -0.25) is 0 Å². The van der Waals surface area contributed by atoms with Crippen LogP contribution >= 0.6 is 0 Å². The molecule has 0 heterocycles. The topological polar surface area (TPSA) is 3.24 Å². The Hall–Kier alpha value is -0.980. The summed E-state index contributed by atoms with van der Waals surface area (Å²) in [6.45, 7) is 3.84. The van der Waals surface area contributed by atoms with Crippen LogP contribution in [0.3, 0.4) is 0 Å². The zero-order chi connectivity index (χ0) is 9.68. The molecule has 0 aliphatic heterocycles. The lowest BCUT2D eigenvalue weighted by Crippen LogP contribution is -2.08. The molecular formula is C12H18N. The fourth-order valence-corrected chi connectivity index (χ4v) is 1.29. The van der Waals surface area contributed by atoms with Crippen LogP contribution in [0, 0.1) is 6.92 Å². The summed E-state index contributed by atoms with van der Waals surface area (Å²) in [4.78, 5) is 2.12. The van der Waals surface area contributed by atoms with E-state index in [1.807, 2.05) is 0 Å². The first-order valence-electron chi connectivity index (χ1n) is 4.79. The molecule has 0 aromatic heterocycles. The molecule has 0 bridgehead atoms. The van der Waals surface area contributed by atoms with E-state index in [9.17, 15) is 0 Å². The molecular weight excluding hydrogens is 158 g/mol. The van der Waals surface area contributed by atoms with Gasteiger partial charge in [0, 0.05) is 19.8 Å². The Bertz CT molecular complexity index is 236. The molecule has 1 heteroatoms. The highest BCUT2D eigenvalue weighted by Gasteiger charge is 1.95. The van der Waals surface area contributed by atoms with Crippen molar-refractivity contribution in [2.45, 2.75) is 19.3 Å². The zero-order valence-corrected chi connectivity index (χ0v) is 8.59. The van der Waals surface area contributed by atoms with E-state index in [0.29, 0.717) is 0 Å². The lowest BCUT2D eigenvalue weighted by Gasteiger charge is -2.12. The van der Waals surface area contributed by atoms with Crippen molar-refractivity contribution in [2.75, 3.05) is 19.0 Å². The summed E-state index contributed by atoms with van der Waals surface area (Å²) >= 11 is 0. The van der Waals surface area contributed by atoms with Crippen molar-refractivity contribution < 1.29 is 0 Å². The van der Waals surface area contributed by atoms with E-state index in [1.54, 1.807) is 0 Å². The molecule has 71 valence electrons. The van der Waals surface area contributed by atoms with E-state index in [1.165, 1.54) is 17.7 Å². The Balaban J connectivity index is 2.59. The van der Waals surface area contributed by atoms with Crippen LogP contribution in [0.5, 0.6) is 0 Å². The molecule has 0 aliphatic carbocycles. The summed E-state index contributed by atoms with van der Waals surface area (Å²) in [5.74, 6) is 0. The lowest BCUT2D eigenvalue weighted by atomic mass is 10.1. The standard InChI is InChI=1S/C12H18N/c1-4-5-6-11-7-9-12(10-8-11)13(2)3/h7-10H,1,4-6H2,2-3H3. The van der Waals surface area contributed by atoms with Crippen LogP contribution in [-0.2, 0) is 6.42 Å². The first-order valence-corrected chi connectivity index (χ1v) is 4.79. The van der Waals surface area contributed by atoms with Gasteiger partial charge in [-0.15, -0.1) is 0 Å². The van der Waals surface area contributed by atoms with Gasteiger partial charge in [0.25, 0.3) is 0 Å².